The zero-order valence-electron chi connectivity index (χ0n) is 22.0. The first-order valence-electron chi connectivity index (χ1n) is 13.7. The highest BCUT2D eigenvalue weighted by molar-refractivity contribution is 5.95. The van der Waals surface area contributed by atoms with Crippen LogP contribution in [0.15, 0.2) is 54.7 Å². The van der Waals surface area contributed by atoms with Gasteiger partial charge in [0.25, 0.3) is 0 Å². The van der Waals surface area contributed by atoms with Crippen molar-refractivity contribution in [2.24, 2.45) is 0 Å². The van der Waals surface area contributed by atoms with Crippen molar-refractivity contribution in [3.05, 3.63) is 60.3 Å². The van der Waals surface area contributed by atoms with Gasteiger partial charge in [-0.15, -0.1) is 0 Å². The zero-order valence-corrected chi connectivity index (χ0v) is 22.0. The van der Waals surface area contributed by atoms with Crippen molar-refractivity contribution in [2.45, 2.75) is 37.9 Å². The molecule has 0 unspecified atom stereocenters. The number of nitrogens with zero attached hydrogens (tertiary/aromatic N) is 6. The van der Waals surface area contributed by atoms with Crippen molar-refractivity contribution in [1.82, 2.24) is 15.2 Å². The predicted octanol–water partition coefficient (Wildman–Crippen LogP) is 3.69. The molecule has 7 nitrogen and oxygen atoms in total. The Kier molecular flexibility index (Phi) is 6.62. The number of aromatic nitrogens is 1. The van der Waals surface area contributed by atoms with E-state index >= 15 is 0 Å². The minimum atomic E-state index is 0.491. The second-order valence-corrected chi connectivity index (χ2v) is 10.8. The van der Waals surface area contributed by atoms with Gasteiger partial charge in [-0.2, -0.15) is 5.26 Å². The molecule has 0 spiro atoms. The van der Waals surface area contributed by atoms with Crippen LogP contribution in [0, 0.1) is 11.3 Å². The van der Waals surface area contributed by atoms with Crippen LogP contribution in [0.3, 0.4) is 0 Å². The van der Waals surface area contributed by atoms with Crippen molar-refractivity contribution in [3.8, 4) is 6.07 Å². The highest BCUT2D eigenvalue weighted by Gasteiger charge is 2.38. The van der Waals surface area contributed by atoms with Crippen LogP contribution >= 0.6 is 0 Å². The fourth-order valence-corrected chi connectivity index (χ4v) is 6.66. The van der Waals surface area contributed by atoms with E-state index in [-0.39, 0.29) is 0 Å². The van der Waals surface area contributed by atoms with Gasteiger partial charge in [-0.05, 0) is 68.3 Å². The van der Waals surface area contributed by atoms with E-state index in [9.17, 15) is 5.26 Å². The number of nitriles is 1. The van der Waals surface area contributed by atoms with E-state index in [0.29, 0.717) is 23.7 Å². The van der Waals surface area contributed by atoms with Crippen LogP contribution in [-0.2, 0) is 0 Å². The largest absolute Gasteiger partial charge is 0.371 e. The molecule has 4 heterocycles. The summed E-state index contributed by atoms with van der Waals surface area (Å²) in [5.41, 5.74) is 5.29. The zero-order chi connectivity index (χ0) is 25.4. The summed E-state index contributed by atoms with van der Waals surface area (Å²) < 4.78 is 0. The van der Waals surface area contributed by atoms with Crippen LogP contribution in [0.2, 0.25) is 0 Å². The topological polar surface area (TPSA) is 61.7 Å². The van der Waals surface area contributed by atoms with Crippen molar-refractivity contribution in [2.75, 3.05) is 67.6 Å². The molecule has 7 heteroatoms. The summed E-state index contributed by atoms with van der Waals surface area (Å²) in [6, 6.07) is 21.2. The van der Waals surface area contributed by atoms with Gasteiger partial charge in [0.05, 0.1) is 11.1 Å². The summed E-state index contributed by atoms with van der Waals surface area (Å²) in [7, 11) is 2.27. The molecule has 37 heavy (non-hydrogen) atoms. The third-order valence-electron chi connectivity index (χ3n) is 8.71. The van der Waals surface area contributed by atoms with Gasteiger partial charge >= 0.3 is 0 Å². The van der Waals surface area contributed by atoms with E-state index in [1.54, 1.807) is 6.20 Å². The Hall–Kier alpha value is -3.34. The highest BCUT2D eigenvalue weighted by atomic mass is 15.3. The number of benzene rings is 2. The molecule has 0 saturated carbocycles. The maximum absolute atomic E-state index is 9.57. The van der Waals surface area contributed by atoms with E-state index in [0.717, 1.165) is 63.1 Å². The molecule has 3 fully saturated rings. The Labute approximate surface area is 220 Å². The quantitative estimate of drug-likeness (QED) is 0.592. The molecule has 1 N–H and O–H groups in total. The van der Waals surface area contributed by atoms with Gasteiger partial charge in [-0.1, -0.05) is 0 Å². The summed E-state index contributed by atoms with van der Waals surface area (Å²) in [5, 5.41) is 14.1. The van der Waals surface area contributed by atoms with E-state index < -0.39 is 0 Å². The van der Waals surface area contributed by atoms with E-state index in [2.05, 4.69) is 86.3 Å². The fourth-order valence-electron chi connectivity index (χ4n) is 6.66. The summed E-state index contributed by atoms with van der Waals surface area (Å²) in [4.78, 5) is 14.8. The number of hydrogen-bond donors (Lipinski definition) is 1. The minimum Gasteiger partial charge on any atom is -0.371 e. The summed E-state index contributed by atoms with van der Waals surface area (Å²) in [6.07, 6.45) is 4.13. The maximum atomic E-state index is 9.57. The smallest absolute Gasteiger partial charge is 0.101 e. The van der Waals surface area contributed by atoms with Crippen LogP contribution in [0.1, 0.15) is 25.3 Å². The number of pyridine rings is 1. The van der Waals surface area contributed by atoms with E-state index in [1.807, 2.05) is 12.1 Å². The van der Waals surface area contributed by atoms with Crippen LogP contribution in [-0.4, -0.2) is 80.9 Å². The normalized spacial score (nSPS) is 24.5. The van der Waals surface area contributed by atoms with Gasteiger partial charge in [0.2, 0.25) is 0 Å². The first-order chi connectivity index (χ1) is 18.1. The monoisotopic (exact) mass is 495 g/mol. The van der Waals surface area contributed by atoms with Crippen molar-refractivity contribution >= 4 is 28.0 Å². The number of anilines is 3. The van der Waals surface area contributed by atoms with Crippen LogP contribution < -0.4 is 20.0 Å². The third-order valence-corrected chi connectivity index (χ3v) is 8.71. The molecule has 0 radical (unpaired) electrons. The molecular weight excluding hydrogens is 458 g/mol. The van der Waals surface area contributed by atoms with E-state index in [4.69, 9.17) is 0 Å². The lowest BCUT2D eigenvalue weighted by Gasteiger charge is -2.52. The number of piperazine rings is 2. The molecule has 3 aliphatic rings. The molecule has 3 aromatic rings. The van der Waals surface area contributed by atoms with Gasteiger partial charge in [-0.25, -0.2) is 0 Å². The molecule has 2 aromatic carbocycles. The fraction of sp³-hybridized carbons (Fsp3) is 0.467. The van der Waals surface area contributed by atoms with Gasteiger partial charge in [0.15, 0.2) is 0 Å². The number of piperidine rings is 1. The molecule has 0 aliphatic carbocycles. The average molecular weight is 496 g/mol. The number of fused-ring (bicyclic) bond motifs is 2. The summed E-state index contributed by atoms with van der Waals surface area (Å²) >= 11 is 0. The highest BCUT2D eigenvalue weighted by Crippen LogP contribution is 2.35. The molecule has 192 valence electrons. The molecule has 0 amide bonds. The SMILES string of the molecule is C[C@@H]1CN(c2ccc(C#N)c3ncccc23)C[C@@H]2C[C@@H](N(C)c3ccc(N4CCNCC4)cc3)CCN21. The van der Waals surface area contributed by atoms with Crippen molar-refractivity contribution in [3.63, 3.8) is 0 Å². The number of hydrogen-bond acceptors (Lipinski definition) is 7. The maximum Gasteiger partial charge on any atom is 0.101 e. The van der Waals surface area contributed by atoms with Crippen LogP contribution in [0.4, 0.5) is 17.1 Å². The van der Waals surface area contributed by atoms with Gasteiger partial charge in [0, 0.05) is 99.6 Å². The standard InChI is InChI=1S/C30H37N7/c1-22-20-36(29-10-5-23(19-31)30-28(29)4-3-12-33-30)21-27-18-26(11-15-37(22)27)34(2)24-6-8-25(9-7-24)35-16-13-32-14-17-35/h3-10,12,22,26-27,32H,11,13-18,20-21H2,1-2H3/t22-,26+,27+/m1/s1. The molecule has 3 aliphatic heterocycles. The minimum absolute atomic E-state index is 0.491. The molecule has 6 rings (SSSR count). The molecule has 3 atom stereocenters. The van der Waals surface area contributed by atoms with Gasteiger partial charge in [0.1, 0.15) is 6.07 Å². The van der Waals surface area contributed by atoms with Crippen LogP contribution in [0.5, 0.6) is 0 Å². The predicted molar refractivity (Wildman–Crippen MR) is 152 cm³/mol. The second kappa shape index (κ2) is 10.2. The first-order valence-corrected chi connectivity index (χ1v) is 13.7. The summed E-state index contributed by atoms with van der Waals surface area (Å²) in [5.74, 6) is 0. The molecular formula is C30H37N7. The lowest BCUT2D eigenvalue weighted by atomic mass is 9.91. The average Bonchev–Trinajstić information content (AvgIpc) is 2.96. The summed E-state index contributed by atoms with van der Waals surface area (Å²) in [6.45, 7) is 9.79. The Morgan fingerprint density at radius 1 is 1.00 bits per heavy atom. The second-order valence-electron chi connectivity index (χ2n) is 10.8. The Balaban J connectivity index is 1.18. The van der Waals surface area contributed by atoms with Crippen molar-refractivity contribution in [1.29, 1.82) is 5.26 Å². The van der Waals surface area contributed by atoms with E-state index in [1.165, 1.54) is 23.5 Å². The molecule has 0 bridgehead atoms. The van der Waals surface area contributed by atoms with Gasteiger partial charge in [-0.3, -0.25) is 9.88 Å². The van der Waals surface area contributed by atoms with Crippen LogP contribution in [0.25, 0.3) is 10.9 Å². The first kappa shape index (κ1) is 24.0. The lowest BCUT2D eigenvalue weighted by molar-refractivity contribution is 0.0768. The third kappa shape index (κ3) is 4.60. The lowest BCUT2D eigenvalue weighted by Crippen LogP contribution is -2.62. The molecule has 1 aromatic heterocycles. The molecule has 3 saturated heterocycles. The van der Waals surface area contributed by atoms with Gasteiger partial charge < -0.3 is 20.0 Å². The Morgan fingerprint density at radius 3 is 2.59 bits per heavy atom. The van der Waals surface area contributed by atoms with Crippen molar-refractivity contribution < 1.29 is 0 Å². The number of nitrogens with one attached hydrogen (secondary N) is 1. The Morgan fingerprint density at radius 2 is 1.81 bits per heavy atom. The number of rotatable bonds is 4. The Bertz CT molecular complexity index is 1280.